The van der Waals surface area contributed by atoms with E-state index in [1.165, 1.54) is 12.1 Å². The molecule has 0 unspecified atom stereocenters. The Hall–Kier alpha value is -2.44. The van der Waals surface area contributed by atoms with Gasteiger partial charge in [-0.1, -0.05) is 26.0 Å². The highest BCUT2D eigenvalue weighted by atomic mass is 19.1. The molecule has 0 spiro atoms. The van der Waals surface area contributed by atoms with Crippen LogP contribution in [-0.4, -0.2) is 46.9 Å². The zero-order valence-corrected chi connectivity index (χ0v) is 16.8. The van der Waals surface area contributed by atoms with E-state index in [0.29, 0.717) is 48.0 Å². The summed E-state index contributed by atoms with van der Waals surface area (Å²) in [5.41, 5.74) is 2.63. The van der Waals surface area contributed by atoms with E-state index in [9.17, 15) is 9.18 Å². The van der Waals surface area contributed by atoms with Crippen molar-refractivity contribution in [2.45, 2.75) is 19.8 Å². The van der Waals surface area contributed by atoms with Crippen molar-refractivity contribution in [2.75, 3.05) is 40.6 Å². The van der Waals surface area contributed by atoms with Gasteiger partial charge in [-0.05, 0) is 35.2 Å². The maximum atomic E-state index is 13.4. The molecule has 0 bridgehead atoms. The summed E-state index contributed by atoms with van der Waals surface area (Å²) in [6, 6.07) is 7.79. The molecule has 0 radical (unpaired) electrons. The Morgan fingerprint density at radius 3 is 2.29 bits per heavy atom. The third-order valence-corrected chi connectivity index (χ3v) is 4.32. The van der Waals surface area contributed by atoms with E-state index in [2.05, 4.69) is 0 Å². The number of rotatable bonds is 11. The summed E-state index contributed by atoms with van der Waals surface area (Å²) in [6.45, 7) is 5.60. The molecule has 0 saturated carbocycles. The first-order valence-corrected chi connectivity index (χ1v) is 9.18. The third kappa shape index (κ3) is 5.30. The van der Waals surface area contributed by atoms with Crippen LogP contribution in [0.1, 0.15) is 35.7 Å². The van der Waals surface area contributed by atoms with Crippen molar-refractivity contribution in [3.05, 3.63) is 47.3 Å². The molecule has 0 N–H and O–H groups in total. The third-order valence-electron chi connectivity index (χ3n) is 4.32. The lowest BCUT2D eigenvalue weighted by atomic mass is 9.89. The molecule has 2 aromatic rings. The predicted octanol–water partition coefficient (Wildman–Crippen LogP) is 4.48. The molecule has 28 heavy (non-hydrogen) atoms. The summed E-state index contributed by atoms with van der Waals surface area (Å²) in [7, 11) is 3.16. The van der Waals surface area contributed by atoms with Crippen LogP contribution < -0.4 is 9.47 Å². The van der Waals surface area contributed by atoms with Gasteiger partial charge in [-0.15, -0.1) is 0 Å². The first kappa shape index (κ1) is 21.9. The molecule has 2 aromatic carbocycles. The van der Waals surface area contributed by atoms with Crippen molar-refractivity contribution < 1.29 is 28.1 Å². The number of benzene rings is 2. The highest BCUT2D eigenvalue weighted by molar-refractivity contribution is 5.94. The van der Waals surface area contributed by atoms with Crippen molar-refractivity contribution in [3.63, 3.8) is 0 Å². The molecule has 0 aliphatic carbocycles. The van der Waals surface area contributed by atoms with E-state index in [1.807, 2.05) is 19.9 Å². The monoisotopic (exact) mass is 390 g/mol. The maximum Gasteiger partial charge on any atom is 0.169 e. The first-order valence-electron chi connectivity index (χ1n) is 9.18. The second kappa shape index (κ2) is 10.8. The number of ether oxygens (including phenoxy) is 4. The molecule has 0 atom stereocenters. The van der Waals surface area contributed by atoms with Gasteiger partial charge < -0.3 is 18.9 Å². The van der Waals surface area contributed by atoms with Gasteiger partial charge in [-0.25, -0.2) is 4.39 Å². The predicted molar refractivity (Wildman–Crippen MR) is 106 cm³/mol. The lowest BCUT2D eigenvalue weighted by Gasteiger charge is -2.21. The summed E-state index contributed by atoms with van der Waals surface area (Å²) in [5, 5.41) is 0. The zero-order valence-electron chi connectivity index (χ0n) is 16.8. The summed E-state index contributed by atoms with van der Waals surface area (Å²) < 4.78 is 35.3. The van der Waals surface area contributed by atoms with Crippen LogP contribution in [0.3, 0.4) is 0 Å². The molecule has 0 heterocycles. The first-order chi connectivity index (χ1) is 13.5. The molecule has 0 aliphatic heterocycles. The SMILES string of the molecule is COCCOCCOc1c(OC)cc(C(C)C)c(C=O)c1-c1ccc(F)cc1. The van der Waals surface area contributed by atoms with Crippen molar-refractivity contribution >= 4 is 6.29 Å². The number of hydrogen-bond donors (Lipinski definition) is 0. The fraction of sp³-hybridized carbons (Fsp3) is 0.409. The molecule has 0 aromatic heterocycles. The molecule has 0 amide bonds. The number of carbonyl (C=O) groups excluding carboxylic acids is 1. The average molecular weight is 390 g/mol. The topological polar surface area (TPSA) is 54.0 Å². The molecular weight excluding hydrogens is 363 g/mol. The normalized spacial score (nSPS) is 10.9. The summed E-state index contributed by atoms with van der Waals surface area (Å²) in [4.78, 5) is 12.0. The summed E-state index contributed by atoms with van der Waals surface area (Å²) >= 11 is 0. The van der Waals surface area contributed by atoms with Crippen molar-refractivity contribution in [2.24, 2.45) is 0 Å². The summed E-state index contributed by atoms with van der Waals surface area (Å²) in [5.74, 6) is 0.707. The van der Waals surface area contributed by atoms with Crippen LogP contribution in [0.2, 0.25) is 0 Å². The van der Waals surface area contributed by atoms with E-state index in [-0.39, 0.29) is 18.3 Å². The van der Waals surface area contributed by atoms with Gasteiger partial charge in [-0.3, -0.25) is 4.79 Å². The molecular formula is C22H27FO5. The number of carbonyl (C=O) groups is 1. The highest BCUT2D eigenvalue weighted by Crippen LogP contribution is 2.44. The minimum absolute atomic E-state index is 0.0970. The molecule has 0 aliphatic rings. The molecule has 2 rings (SSSR count). The molecule has 0 saturated heterocycles. The maximum absolute atomic E-state index is 13.4. The van der Waals surface area contributed by atoms with Crippen LogP contribution in [0.15, 0.2) is 30.3 Å². The largest absolute Gasteiger partial charge is 0.493 e. The number of halogens is 1. The van der Waals surface area contributed by atoms with E-state index in [4.69, 9.17) is 18.9 Å². The lowest BCUT2D eigenvalue weighted by molar-refractivity contribution is 0.0541. The highest BCUT2D eigenvalue weighted by Gasteiger charge is 2.22. The Morgan fingerprint density at radius 2 is 1.71 bits per heavy atom. The summed E-state index contributed by atoms with van der Waals surface area (Å²) in [6.07, 6.45) is 0.815. The van der Waals surface area contributed by atoms with E-state index in [1.54, 1.807) is 26.4 Å². The Morgan fingerprint density at radius 1 is 1.04 bits per heavy atom. The second-order valence-electron chi connectivity index (χ2n) is 6.52. The van der Waals surface area contributed by atoms with Crippen molar-refractivity contribution in [1.82, 2.24) is 0 Å². The van der Waals surface area contributed by atoms with E-state index in [0.717, 1.165) is 11.8 Å². The Labute approximate surface area is 165 Å². The van der Waals surface area contributed by atoms with Crippen molar-refractivity contribution in [3.8, 4) is 22.6 Å². The van der Waals surface area contributed by atoms with Gasteiger partial charge in [0.1, 0.15) is 12.4 Å². The second-order valence-corrected chi connectivity index (χ2v) is 6.52. The van der Waals surface area contributed by atoms with Crippen LogP contribution in [0.4, 0.5) is 4.39 Å². The van der Waals surface area contributed by atoms with Crippen molar-refractivity contribution in [1.29, 1.82) is 0 Å². The Balaban J connectivity index is 2.48. The minimum atomic E-state index is -0.350. The Bertz CT molecular complexity index is 771. The van der Waals surface area contributed by atoms with Gasteiger partial charge in [0.2, 0.25) is 0 Å². The standard InChI is InChI=1S/C22H27FO5/c1-15(2)18-13-20(26-4)22(28-12-11-27-10-9-25-3)21(19(18)14-24)16-5-7-17(23)8-6-16/h5-8,13-15H,9-12H2,1-4H3. The molecule has 5 nitrogen and oxygen atoms in total. The minimum Gasteiger partial charge on any atom is -0.493 e. The van der Waals surface area contributed by atoms with Gasteiger partial charge >= 0.3 is 0 Å². The van der Waals surface area contributed by atoms with Gasteiger partial charge in [0.25, 0.3) is 0 Å². The van der Waals surface area contributed by atoms with Crippen LogP contribution in [0.25, 0.3) is 11.1 Å². The zero-order chi connectivity index (χ0) is 20.5. The van der Waals surface area contributed by atoms with Gasteiger partial charge in [0, 0.05) is 18.2 Å². The van der Waals surface area contributed by atoms with Crippen LogP contribution in [0.5, 0.6) is 11.5 Å². The van der Waals surface area contributed by atoms with E-state index >= 15 is 0 Å². The van der Waals surface area contributed by atoms with Gasteiger partial charge in [0.05, 0.1) is 26.9 Å². The molecule has 152 valence electrons. The number of methoxy groups -OCH3 is 2. The Kier molecular flexibility index (Phi) is 8.42. The number of aldehydes is 1. The smallest absolute Gasteiger partial charge is 0.169 e. The molecule has 0 fully saturated rings. The van der Waals surface area contributed by atoms with E-state index < -0.39 is 0 Å². The lowest BCUT2D eigenvalue weighted by Crippen LogP contribution is -2.12. The molecule has 6 heteroatoms. The quantitative estimate of drug-likeness (QED) is 0.418. The fourth-order valence-corrected chi connectivity index (χ4v) is 2.92. The average Bonchev–Trinajstić information content (AvgIpc) is 2.70. The van der Waals surface area contributed by atoms with Gasteiger partial charge in [0.15, 0.2) is 17.8 Å². The number of hydrogen-bond acceptors (Lipinski definition) is 5. The van der Waals surface area contributed by atoms with Crippen LogP contribution >= 0.6 is 0 Å². The fourth-order valence-electron chi connectivity index (χ4n) is 2.92. The van der Waals surface area contributed by atoms with Crippen LogP contribution in [0, 0.1) is 5.82 Å². The van der Waals surface area contributed by atoms with Crippen LogP contribution in [-0.2, 0) is 9.47 Å². The van der Waals surface area contributed by atoms with Gasteiger partial charge in [-0.2, -0.15) is 0 Å².